The number of halogens is 1. The summed E-state index contributed by atoms with van der Waals surface area (Å²) in [5, 5.41) is 0.638. The molecule has 0 bridgehead atoms. The van der Waals surface area contributed by atoms with E-state index in [2.05, 4.69) is 0 Å². The molecule has 0 amide bonds. The minimum atomic E-state index is -0.569. The van der Waals surface area contributed by atoms with Gasteiger partial charge in [-0.15, -0.1) is 0 Å². The van der Waals surface area contributed by atoms with Crippen molar-refractivity contribution in [2.75, 3.05) is 0 Å². The zero-order valence-electron chi connectivity index (χ0n) is 9.00. The number of rotatable bonds is 1. The molecule has 2 rings (SSSR count). The summed E-state index contributed by atoms with van der Waals surface area (Å²) in [6.45, 7) is 5.93. The molecule has 0 saturated heterocycles. The van der Waals surface area contributed by atoms with Gasteiger partial charge in [0.05, 0.1) is 5.41 Å². The summed E-state index contributed by atoms with van der Waals surface area (Å²) in [7, 11) is 0. The van der Waals surface area contributed by atoms with Gasteiger partial charge in [0.15, 0.2) is 0 Å². The summed E-state index contributed by atoms with van der Waals surface area (Å²) in [4.78, 5) is 11.8. The first kappa shape index (κ1) is 10.5. The van der Waals surface area contributed by atoms with Crippen LogP contribution in [-0.4, -0.2) is 5.97 Å². The average molecular weight is 225 g/mol. The van der Waals surface area contributed by atoms with Crippen LogP contribution in [0.5, 0.6) is 5.75 Å². The molecule has 0 aliphatic carbocycles. The SMILES string of the molecule is CC(C)C1(C)C(=O)Oc2ccc(Cl)cc21. The topological polar surface area (TPSA) is 26.3 Å². The molecule has 0 spiro atoms. The molecule has 1 aromatic rings. The van der Waals surface area contributed by atoms with Crippen LogP contribution in [-0.2, 0) is 10.2 Å². The van der Waals surface area contributed by atoms with Gasteiger partial charge in [-0.2, -0.15) is 0 Å². The number of ether oxygens (including phenoxy) is 1. The van der Waals surface area contributed by atoms with E-state index in [-0.39, 0.29) is 11.9 Å². The Bertz CT molecular complexity index is 426. The molecule has 0 saturated carbocycles. The Balaban J connectivity index is 2.63. The van der Waals surface area contributed by atoms with Crippen molar-refractivity contribution in [2.24, 2.45) is 5.92 Å². The van der Waals surface area contributed by atoms with Crippen LogP contribution >= 0.6 is 11.6 Å². The van der Waals surface area contributed by atoms with Crippen LogP contribution in [0, 0.1) is 5.92 Å². The molecule has 1 unspecified atom stereocenters. The van der Waals surface area contributed by atoms with E-state index in [1.165, 1.54) is 0 Å². The first-order valence-corrected chi connectivity index (χ1v) is 5.36. The van der Waals surface area contributed by atoms with Gasteiger partial charge < -0.3 is 4.74 Å². The fourth-order valence-corrected chi connectivity index (χ4v) is 2.03. The van der Waals surface area contributed by atoms with Crippen LogP contribution in [0.2, 0.25) is 5.02 Å². The van der Waals surface area contributed by atoms with Crippen molar-refractivity contribution in [3.63, 3.8) is 0 Å². The van der Waals surface area contributed by atoms with Crippen molar-refractivity contribution in [1.82, 2.24) is 0 Å². The molecular weight excluding hydrogens is 212 g/mol. The smallest absolute Gasteiger partial charge is 0.322 e. The molecule has 1 aromatic carbocycles. The highest BCUT2D eigenvalue weighted by Gasteiger charge is 2.47. The third kappa shape index (κ3) is 1.36. The van der Waals surface area contributed by atoms with Gasteiger partial charge in [0.25, 0.3) is 0 Å². The number of hydrogen-bond acceptors (Lipinski definition) is 2. The van der Waals surface area contributed by atoms with Crippen LogP contribution < -0.4 is 4.74 Å². The van der Waals surface area contributed by atoms with Crippen molar-refractivity contribution in [3.05, 3.63) is 28.8 Å². The van der Waals surface area contributed by atoms with Crippen molar-refractivity contribution >= 4 is 17.6 Å². The second-order valence-corrected chi connectivity index (χ2v) is 4.82. The highest BCUT2D eigenvalue weighted by molar-refractivity contribution is 6.30. The van der Waals surface area contributed by atoms with E-state index >= 15 is 0 Å². The Morgan fingerprint density at radius 1 is 1.40 bits per heavy atom. The molecule has 3 heteroatoms. The standard InChI is InChI=1S/C12H13ClO2/c1-7(2)12(3)9-6-8(13)4-5-10(9)15-11(12)14/h4-7H,1-3H3. The van der Waals surface area contributed by atoms with E-state index in [4.69, 9.17) is 16.3 Å². The van der Waals surface area contributed by atoms with E-state index in [0.29, 0.717) is 10.8 Å². The molecule has 1 aliphatic heterocycles. The van der Waals surface area contributed by atoms with Crippen molar-refractivity contribution < 1.29 is 9.53 Å². The lowest BCUT2D eigenvalue weighted by Crippen LogP contribution is -2.35. The van der Waals surface area contributed by atoms with Gasteiger partial charge in [-0.3, -0.25) is 4.79 Å². The summed E-state index contributed by atoms with van der Waals surface area (Å²) >= 11 is 5.94. The number of benzene rings is 1. The van der Waals surface area contributed by atoms with Crippen LogP contribution in [0.4, 0.5) is 0 Å². The molecule has 2 nitrogen and oxygen atoms in total. The summed E-state index contributed by atoms with van der Waals surface area (Å²) in [5.41, 5.74) is 0.329. The third-order valence-electron chi connectivity index (χ3n) is 3.28. The van der Waals surface area contributed by atoms with Gasteiger partial charge in [-0.1, -0.05) is 25.4 Å². The maximum Gasteiger partial charge on any atom is 0.322 e. The monoisotopic (exact) mass is 224 g/mol. The van der Waals surface area contributed by atoms with Gasteiger partial charge in [-0.25, -0.2) is 0 Å². The minimum absolute atomic E-state index is 0.185. The minimum Gasteiger partial charge on any atom is -0.426 e. The van der Waals surface area contributed by atoms with Gasteiger partial charge in [0.2, 0.25) is 0 Å². The lowest BCUT2D eigenvalue weighted by atomic mass is 9.74. The third-order valence-corrected chi connectivity index (χ3v) is 3.52. The zero-order chi connectivity index (χ0) is 11.2. The fraction of sp³-hybridized carbons (Fsp3) is 0.417. The predicted octanol–water partition coefficient (Wildman–Crippen LogP) is 3.17. The number of hydrogen-bond donors (Lipinski definition) is 0. The number of carbonyl (C=O) groups excluding carboxylic acids is 1. The maximum absolute atomic E-state index is 11.8. The van der Waals surface area contributed by atoms with Gasteiger partial charge in [-0.05, 0) is 31.0 Å². The molecule has 80 valence electrons. The van der Waals surface area contributed by atoms with E-state index in [9.17, 15) is 4.79 Å². The Labute approximate surface area is 94.2 Å². The summed E-state index contributed by atoms with van der Waals surface area (Å²) in [5.74, 6) is 0.639. The molecule has 0 aromatic heterocycles. The average Bonchev–Trinajstić information content (AvgIpc) is 2.42. The Morgan fingerprint density at radius 2 is 2.07 bits per heavy atom. The first-order valence-electron chi connectivity index (χ1n) is 4.98. The summed E-state index contributed by atoms with van der Waals surface area (Å²) < 4.78 is 5.24. The van der Waals surface area contributed by atoms with Crippen molar-refractivity contribution in [2.45, 2.75) is 26.2 Å². The molecule has 0 fully saturated rings. The van der Waals surface area contributed by atoms with Crippen molar-refractivity contribution in [1.29, 1.82) is 0 Å². The molecule has 1 heterocycles. The highest BCUT2D eigenvalue weighted by Crippen LogP contribution is 2.45. The molecular formula is C12H13ClO2. The Kier molecular flexibility index (Phi) is 2.27. The van der Waals surface area contributed by atoms with Crippen LogP contribution in [0.3, 0.4) is 0 Å². The largest absolute Gasteiger partial charge is 0.426 e. The predicted molar refractivity (Wildman–Crippen MR) is 59.3 cm³/mol. The molecule has 0 N–H and O–H groups in total. The van der Waals surface area contributed by atoms with E-state index in [0.717, 1.165) is 5.56 Å². The first-order chi connectivity index (χ1) is 6.96. The van der Waals surface area contributed by atoms with Crippen LogP contribution in [0.1, 0.15) is 26.3 Å². The lowest BCUT2D eigenvalue weighted by Gasteiger charge is -2.24. The fourth-order valence-electron chi connectivity index (χ4n) is 1.86. The van der Waals surface area contributed by atoms with Gasteiger partial charge >= 0.3 is 5.97 Å². The summed E-state index contributed by atoms with van der Waals surface area (Å²) in [6.07, 6.45) is 0. The molecule has 0 radical (unpaired) electrons. The number of fused-ring (bicyclic) bond motifs is 1. The second-order valence-electron chi connectivity index (χ2n) is 4.39. The number of carbonyl (C=O) groups is 1. The van der Waals surface area contributed by atoms with Gasteiger partial charge in [0.1, 0.15) is 5.75 Å². The van der Waals surface area contributed by atoms with Gasteiger partial charge in [0, 0.05) is 10.6 Å². The Hall–Kier alpha value is -1.02. The molecule has 1 aliphatic rings. The molecule has 1 atom stereocenters. The molecule has 15 heavy (non-hydrogen) atoms. The maximum atomic E-state index is 11.8. The number of esters is 1. The van der Waals surface area contributed by atoms with Crippen molar-refractivity contribution in [3.8, 4) is 5.75 Å². The summed E-state index contributed by atoms with van der Waals surface area (Å²) in [6, 6.07) is 5.31. The normalized spacial score (nSPS) is 24.2. The van der Waals surface area contributed by atoms with E-state index in [1.54, 1.807) is 12.1 Å². The Morgan fingerprint density at radius 3 is 2.67 bits per heavy atom. The van der Waals surface area contributed by atoms with Crippen LogP contribution in [0.25, 0.3) is 0 Å². The second kappa shape index (κ2) is 3.24. The lowest BCUT2D eigenvalue weighted by molar-refractivity contribution is -0.139. The zero-order valence-corrected chi connectivity index (χ0v) is 9.76. The van der Waals surface area contributed by atoms with E-state index < -0.39 is 5.41 Å². The van der Waals surface area contributed by atoms with Crippen LogP contribution in [0.15, 0.2) is 18.2 Å². The highest BCUT2D eigenvalue weighted by atomic mass is 35.5. The van der Waals surface area contributed by atoms with E-state index in [1.807, 2.05) is 26.8 Å². The quantitative estimate of drug-likeness (QED) is 0.541.